The van der Waals surface area contributed by atoms with E-state index in [1.165, 1.54) is 30.2 Å². The van der Waals surface area contributed by atoms with Gasteiger partial charge in [-0.3, -0.25) is 14.4 Å². The van der Waals surface area contributed by atoms with Gasteiger partial charge < -0.3 is 25.4 Å². The molecule has 3 amide bonds. The molecule has 3 N–H and O–H groups in total. The number of hydrogen-bond donors (Lipinski definition) is 3. The van der Waals surface area contributed by atoms with Gasteiger partial charge >= 0.3 is 0 Å². The first-order valence-electron chi connectivity index (χ1n) is 13.9. The van der Waals surface area contributed by atoms with E-state index < -0.39 is 17.1 Å². The molecule has 5 aromatic rings. The van der Waals surface area contributed by atoms with Crippen molar-refractivity contribution in [2.45, 2.75) is 17.1 Å². The molecule has 228 valence electrons. The van der Waals surface area contributed by atoms with Crippen LogP contribution in [0.25, 0.3) is 16.3 Å². The number of thiazole rings is 1. The number of benzene rings is 4. The van der Waals surface area contributed by atoms with E-state index in [9.17, 15) is 14.4 Å². The first kappa shape index (κ1) is 31.3. The second kappa shape index (κ2) is 14.6. The fourth-order valence-electron chi connectivity index (χ4n) is 4.27. The highest BCUT2D eigenvalue weighted by molar-refractivity contribution is 8.00. The predicted molar refractivity (Wildman–Crippen MR) is 180 cm³/mol. The van der Waals surface area contributed by atoms with Crippen LogP contribution in [0, 0.1) is 0 Å². The van der Waals surface area contributed by atoms with Crippen LogP contribution in [0.3, 0.4) is 0 Å². The van der Waals surface area contributed by atoms with Crippen molar-refractivity contribution in [1.82, 2.24) is 10.3 Å². The number of ether oxygens (including phenoxy) is 2. The largest absolute Gasteiger partial charge is 0.497 e. The number of anilines is 2. The molecule has 11 heteroatoms. The van der Waals surface area contributed by atoms with E-state index in [4.69, 9.17) is 9.47 Å². The van der Waals surface area contributed by atoms with Crippen molar-refractivity contribution in [1.29, 1.82) is 0 Å². The summed E-state index contributed by atoms with van der Waals surface area (Å²) in [5, 5.41) is 8.60. The number of amides is 3. The summed E-state index contributed by atoms with van der Waals surface area (Å²) in [6, 6.07) is 28.6. The fraction of sp³-hybridized carbons (Fsp3) is 0.118. The Morgan fingerprint density at radius 3 is 2.40 bits per heavy atom. The third-order valence-electron chi connectivity index (χ3n) is 6.57. The van der Waals surface area contributed by atoms with E-state index in [0.717, 1.165) is 15.1 Å². The molecule has 0 aliphatic rings. The summed E-state index contributed by atoms with van der Waals surface area (Å²) in [7, 11) is 3.06. The van der Waals surface area contributed by atoms with Crippen molar-refractivity contribution in [3.05, 3.63) is 114 Å². The van der Waals surface area contributed by atoms with Gasteiger partial charge in [0.2, 0.25) is 5.91 Å². The Bertz CT molecular complexity index is 1840. The smallest absolute Gasteiger partial charge is 0.272 e. The number of methoxy groups -OCH3 is 2. The highest BCUT2D eigenvalue weighted by atomic mass is 32.2. The molecule has 1 unspecified atom stereocenters. The van der Waals surface area contributed by atoms with Crippen molar-refractivity contribution in [3.8, 4) is 11.5 Å². The molecule has 0 radical (unpaired) electrons. The zero-order chi connectivity index (χ0) is 31.8. The van der Waals surface area contributed by atoms with Crippen molar-refractivity contribution in [2.75, 3.05) is 24.9 Å². The summed E-state index contributed by atoms with van der Waals surface area (Å²) in [4.78, 5) is 44.8. The summed E-state index contributed by atoms with van der Waals surface area (Å²) in [5.74, 6) is -0.121. The molecule has 0 saturated heterocycles. The first-order chi connectivity index (χ1) is 21.8. The molecule has 9 nitrogen and oxygen atoms in total. The van der Waals surface area contributed by atoms with Gasteiger partial charge in [0, 0.05) is 27.8 Å². The molecule has 0 fully saturated rings. The van der Waals surface area contributed by atoms with Crippen molar-refractivity contribution >= 4 is 67.9 Å². The van der Waals surface area contributed by atoms with Crippen LogP contribution in [-0.4, -0.2) is 42.2 Å². The number of aromatic nitrogens is 1. The van der Waals surface area contributed by atoms with E-state index in [0.29, 0.717) is 33.4 Å². The zero-order valence-electron chi connectivity index (χ0n) is 24.7. The number of rotatable bonds is 11. The summed E-state index contributed by atoms with van der Waals surface area (Å²) in [5.41, 5.74) is 2.29. The lowest BCUT2D eigenvalue weighted by molar-refractivity contribution is -0.115. The van der Waals surface area contributed by atoms with Crippen molar-refractivity contribution in [3.63, 3.8) is 0 Å². The van der Waals surface area contributed by atoms with Gasteiger partial charge in [-0.2, -0.15) is 0 Å². The van der Waals surface area contributed by atoms with E-state index >= 15 is 0 Å². The van der Waals surface area contributed by atoms with Gasteiger partial charge in [0.25, 0.3) is 11.8 Å². The Kier molecular flexibility index (Phi) is 10.1. The third kappa shape index (κ3) is 8.08. The Morgan fingerprint density at radius 2 is 1.64 bits per heavy atom. The van der Waals surface area contributed by atoms with Crippen LogP contribution in [0.1, 0.15) is 22.8 Å². The second-order valence-electron chi connectivity index (χ2n) is 9.70. The maximum atomic E-state index is 13.6. The monoisotopic (exact) mass is 638 g/mol. The van der Waals surface area contributed by atoms with Crippen LogP contribution < -0.4 is 25.4 Å². The predicted octanol–water partition coefficient (Wildman–Crippen LogP) is 6.84. The average molecular weight is 639 g/mol. The number of hydrogen-bond acceptors (Lipinski definition) is 8. The lowest BCUT2D eigenvalue weighted by Crippen LogP contribution is -2.30. The molecule has 1 heterocycles. The molecule has 1 atom stereocenters. The van der Waals surface area contributed by atoms with Gasteiger partial charge in [-0.1, -0.05) is 47.7 Å². The first-order valence-corrected chi connectivity index (χ1v) is 15.6. The van der Waals surface area contributed by atoms with Gasteiger partial charge in [0.15, 0.2) is 5.13 Å². The molecule has 0 bridgehead atoms. The van der Waals surface area contributed by atoms with Crippen molar-refractivity contribution < 1.29 is 23.9 Å². The number of nitrogens with zero attached hydrogens (tertiary/aromatic N) is 1. The number of fused-ring (bicyclic) bond motifs is 1. The lowest BCUT2D eigenvalue weighted by atomic mass is 10.1. The summed E-state index contributed by atoms with van der Waals surface area (Å²) in [6.45, 7) is 1.81. The second-order valence-corrected chi connectivity index (χ2v) is 12.1. The van der Waals surface area contributed by atoms with Crippen LogP contribution >= 0.6 is 23.1 Å². The van der Waals surface area contributed by atoms with Crippen LogP contribution in [-0.2, 0) is 9.59 Å². The molecule has 0 spiro atoms. The molecule has 0 aliphatic heterocycles. The maximum absolute atomic E-state index is 13.6. The number of nitrogens with one attached hydrogen (secondary N) is 3. The summed E-state index contributed by atoms with van der Waals surface area (Å²) in [6.07, 6.45) is 1.54. The van der Waals surface area contributed by atoms with E-state index in [1.807, 2.05) is 30.3 Å². The Labute approximate surface area is 268 Å². The topological polar surface area (TPSA) is 119 Å². The fourth-order valence-corrected chi connectivity index (χ4v) is 6.07. The van der Waals surface area contributed by atoms with Crippen LogP contribution in [0.15, 0.2) is 108 Å². The highest BCUT2D eigenvalue weighted by Gasteiger charge is 2.19. The number of carbonyl (C=O) groups excluding carboxylic acids is 3. The van der Waals surface area contributed by atoms with Crippen LogP contribution in [0.2, 0.25) is 0 Å². The number of para-hydroxylation sites is 1. The van der Waals surface area contributed by atoms with Crippen LogP contribution in [0.5, 0.6) is 11.5 Å². The van der Waals surface area contributed by atoms with Gasteiger partial charge in [-0.15, -0.1) is 11.8 Å². The SMILES string of the molecule is COc1ccc(/C=C(/NC(=O)c2ccccc2)C(=O)Nc2cccc(SC(C)C(=O)Nc3nc4ccccc4s3)c2)c(OC)c1. The molecule has 5 rings (SSSR count). The molecule has 1 aromatic heterocycles. The standard InChI is InChI=1S/C34H30N4O5S2/c1-21(31(39)38-34-37-27-14-7-8-15-30(27)45-34)44-26-13-9-12-24(19-26)35-33(41)28(36-32(40)22-10-5-4-6-11-22)18-23-16-17-25(42-2)20-29(23)43-3/h4-21H,1-3H3,(H,35,41)(H,36,40)(H,37,38,39)/b28-18+. The minimum absolute atomic E-state index is 0.00829. The average Bonchev–Trinajstić information content (AvgIpc) is 3.47. The molecule has 0 saturated carbocycles. The Balaban J connectivity index is 1.32. The van der Waals surface area contributed by atoms with Gasteiger partial charge in [0.1, 0.15) is 17.2 Å². The summed E-state index contributed by atoms with van der Waals surface area (Å²) < 4.78 is 11.8. The minimum Gasteiger partial charge on any atom is -0.497 e. The zero-order valence-corrected chi connectivity index (χ0v) is 26.3. The molecule has 4 aromatic carbocycles. The van der Waals surface area contributed by atoms with Gasteiger partial charge in [0.05, 0.1) is 29.7 Å². The molecule has 45 heavy (non-hydrogen) atoms. The van der Waals surface area contributed by atoms with Gasteiger partial charge in [-0.05, 0) is 67.6 Å². The Hall–Kier alpha value is -5.13. The van der Waals surface area contributed by atoms with Crippen molar-refractivity contribution in [2.24, 2.45) is 0 Å². The van der Waals surface area contributed by atoms with E-state index in [1.54, 1.807) is 86.8 Å². The molecular formula is C34H30N4O5S2. The minimum atomic E-state index is -0.541. The third-order valence-corrected chi connectivity index (χ3v) is 8.61. The van der Waals surface area contributed by atoms with E-state index in [-0.39, 0.29) is 11.6 Å². The molecule has 0 aliphatic carbocycles. The normalized spacial score (nSPS) is 11.8. The van der Waals surface area contributed by atoms with Gasteiger partial charge in [-0.25, -0.2) is 4.98 Å². The highest BCUT2D eigenvalue weighted by Crippen LogP contribution is 2.30. The quantitative estimate of drug-likeness (QED) is 0.107. The number of thioether (sulfide) groups is 1. The molecular weight excluding hydrogens is 609 g/mol. The summed E-state index contributed by atoms with van der Waals surface area (Å²) >= 11 is 2.77. The Morgan fingerprint density at radius 1 is 0.867 bits per heavy atom. The lowest BCUT2D eigenvalue weighted by Gasteiger charge is -2.14. The van der Waals surface area contributed by atoms with Crippen LogP contribution in [0.4, 0.5) is 10.8 Å². The van der Waals surface area contributed by atoms with E-state index in [2.05, 4.69) is 20.9 Å². The number of carbonyl (C=O) groups is 3. The maximum Gasteiger partial charge on any atom is 0.272 e.